The number of hydrogen-bond acceptors (Lipinski definition) is 5. The van der Waals surface area contributed by atoms with Gasteiger partial charge in [-0.05, 0) is 58.9 Å². The Kier molecular flexibility index (Phi) is 6.61. The summed E-state index contributed by atoms with van der Waals surface area (Å²) >= 11 is 11.2. The maximum Gasteiger partial charge on any atom is 0.279 e. The molecule has 1 heterocycles. The van der Waals surface area contributed by atoms with E-state index in [0.29, 0.717) is 5.69 Å². The second-order valence-electron chi connectivity index (χ2n) is 8.45. The van der Waals surface area contributed by atoms with Crippen molar-refractivity contribution in [1.29, 1.82) is 0 Å². The smallest absolute Gasteiger partial charge is 0.279 e. The summed E-state index contributed by atoms with van der Waals surface area (Å²) < 4.78 is 38.3. The molecule has 38 heavy (non-hydrogen) atoms. The number of rotatable bonds is 5. The topological polar surface area (TPSA) is 122 Å². The van der Waals surface area contributed by atoms with Crippen LogP contribution >= 0.6 is 23.8 Å². The van der Waals surface area contributed by atoms with Crippen LogP contribution in [-0.2, 0) is 21.4 Å². The quantitative estimate of drug-likeness (QED) is 0.274. The Morgan fingerprint density at radius 2 is 1.76 bits per heavy atom. The Hall–Kier alpha value is -3.90. The van der Waals surface area contributed by atoms with Gasteiger partial charge < -0.3 is 10.6 Å². The minimum atomic E-state index is -4.04. The number of nitrogens with two attached hydrogens (primary N) is 2. The number of benzene rings is 4. The highest BCUT2D eigenvalue weighted by atomic mass is 35.5. The van der Waals surface area contributed by atoms with Crippen LogP contribution in [0.15, 0.2) is 88.9 Å². The normalized spacial score (nSPS) is 14.2. The van der Waals surface area contributed by atoms with E-state index in [9.17, 15) is 17.6 Å². The molecule has 8 nitrogen and oxygen atoms in total. The third kappa shape index (κ3) is 4.72. The van der Waals surface area contributed by atoms with Crippen LogP contribution in [0.2, 0.25) is 5.02 Å². The lowest BCUT2D eigenvalue weighted by molar-refractivity contribution is -0.112. The Balaban J connectivity index is 1.63. The van der Waals surface area contributed by atoms with E-state index in [1.807, 2.05) is 42.5 Å². The first-order chi connectivity index (χ1) is 18.0. The minimum absolute atomic E-state index is 0.146. The van der Waals surface area contributed by atoms with E-state index in [-0.39, 0.29) is 38.5 Å². The molecule has 4 N–H and O–H groups in total. The molecule has 0 fully saturated rings. The van der Waals surface area contributed by atoms with Gasteiger partial charge in [0.25, 0.3) is 5.91 Å². The van der Waals surface area contributed by atoms with Crippen LogP contribution in [0.5, 0.6) is 0 Å². The van der Waals surface area contributed by atoms with Crippen LogP contribution < -0.4 is 20.8 Å². The predicted molar refractivity (Wildman–Crippen MR) is 150 cm³/mol. The molecule has 0 aliphatic carbocycles. The maximum absolute atomic E-state index is 14.6. The number of nitrogens with zero attached hydrogens (tertiary/aromatic N) is 3. The molecule has 1 amide bonds. The van der Waals surface area contributed by atoms with Gasteiger partial charge in [0, 0.05) is 5.56 Å². The zero-order valence-corrected chi connectivity index (χ0v) is 21.9. The van der Waals surface area contributed by atoms with Crippen LogP contribution in [0.1, 0.15) is 11.1 Å². The molecule has 12 heteroatoms. The number of halogens is 2. The van der Waals surface area contributed by atoms with Crippen molar-refractivity contribution in [3.05, 3.63) is 101 Å². The van der Waals surface area contributed by atoms with Crippen molar-refractivity contribution in [2.24, 2.45) is 16.0 Å². The fraction of sp³-hybridized carbons (Fsp3) is 0.0385. The number of carbonyl (C=O) groups excluding carboxylic acids is 1. The molecule has 1 aliphatic rings. The maximum atomic E-state index is 14.6. The van der Waals surface area contributed by atoms with E-state index in [1.54, 1.807) is 0 Å². The number of sulfonamides is 1. The number of fused-ring (bicyclic) bond motifs is 2. The third-order valence-corrected chi connectivity index (χ3v) is 7.41. The lowest BCUT2D eigenvalue weighted by atomic mass is 10.0. The second-order valence-corrected chi connectivity index (χ2v) is 10.8. The Morgan fingerprint density at radius 3 is 2.50 bits per heavy atom. The molecular weight excluding hydrogens is 549 g/mol. The van der Waals surface area contributed by atoms with Crippen LogP contribution in [0.3, 0.4) is 0 Å². The Bertz CT molecular complexity index is 1770. The molecule has 0 spiro atoms. The summed E-state index contributed by atoms with van der Waals surface area (Å²) in [7, 11) is -4.04. The van der Waals surface area contributed by atoms with Gasteiger partial charge in [-0.2, -0.15) is 5.10 Å². The highest BCUT2D eigenvalue weighted by molar-refractivity contribution is 7.89. The van der Waals surface area contributed by atoms with E-state index >= 15 is 0 Å². The van der Waals surface area contributed by atoms with Gasteiger partial charge >= 0.3 is 0 Å². The van der Waals surface area contributed by atoms with Gasteiger partial charge in [-0.3, -0.25) is 4.79 Å². The number of primary sulfonamides is 1. The summed E-state index contributed by atoms with van der Waals surface area (Å²) in [6.07, 6.45) is 0. The summed E-state index contributed by atoms with van der Waals surface area (Å²) in [5, 5.41) is 12.1. The van der Waals surface area contributed by atoms with Crippen molar-refractivity contribution >= 4 is 72.7 Å². The number of hydrazone groups is 1. The van der Waals surface area contributed by atoms with E-state index < -0.39 is 21.7 Å². The van der Waals surface area contributed by atoms with Crippen LogP contribution in [-0.4, -0.2) is 25.1 Å². The molecule has 1 aliphatic heterocycles. The zero-order chi connectivity index (χ0) is 27.2. The fourth-order valence-electron chi connectivity index (χ4n) is 4.28. The molecule has 0 atom stereocenters. The van der Waals surface area contributed by atoms with Crippen LogP contribution in [0.4, 0.5) is 15.8 Å². The Morgan fingerprint density at radius 1 is 1.05 bits per heavy atom. The fourth-order valence-corrected chi connectivity index (χ4v) is 5.14. The van der Waals surface area contributed by atoms with Crippen molar-refractivity contribution in [2.75, 3.05) is 9.91 Å². The molecule has 0 aromatic heterocycles. The summed E-state index contributed by atoms with van der Waals surface area (Å²) in [5.74, 6) is -1.28. The highest BCUT2D eigenvalue weighted by Gasteiger charge is 2.36. The first kappa shape index (κ1) is 25.7. The van der Waals surface area contributed by atoms with E-state index in [4.69, 9.17) is 34.7 Å². The largest absolute Gasteiger partial charge is 0.374 e. The van der Waals surface area contributed by atoms with Crippen molar-refractivity contribution in [2.45, 2.75) is 11.4 Å². The standard InChI is InChI=1S/C26H19ClFN5O3S2/c27-21-13-23-20(12-22(21)28)24(31-33(26(29)37)17-8-4-9-18(11-17)38(30,35)36)25(34)32(23)14-16-7-3-6-15-5-1-2-10-19(15)16/h1-13H,14H2,(H2,29,37)(H2,30,35,36)/b31-24-. The van der Waals surface area contributed by atoms with E-state index in [0.717, 1.165) is 27.4 Å². The van der Waals surface area contributed by atoms with E-state index in [2.05, 4.69) is 5.10 Å². The molecule has 0 unspecified atom stereocenters. The summed E-state index contributed by atoms with van der Waals surface area (Å²) in [6, 6.07) is 21.4. The van der Waals surface area contributed by atoms with Crippen LogP contribution in [0.25, 0.3) is 10.8 Å². The molecule has 4 aromatic rings. The third-order valence-electron chi connectivity index (χ3n) is 6.04. The summed E-state index contributed by atoms with van der Waals surface area (Å²) in [4.78, 5) is 15.0. The first-order valence-electron chi connectivity index (χ1n) is 11.1. The average Bonchev–Trinajstić information content (AvgIpc) is 3.12. The van der Waals surface area contributed by atoms with Gasteiger partial charge in [-0.15, -0.1) is 0 Å². The lowest BCUT2D eigenvalue weighted by Gasteiger charge is -2.19. The average molecular weight is 568 g/mol. The highest BCUT2D eigenvalue weighted by Crippen LogP contribution is 2.36. The number of carbonyl (C=O) groups is 1. The first-order valence-corrected chi connectivity index (χ1v) is 13.5. The molecular formula is C26H19ClFN5O3S2. The summed E-state index contributed by atoms with van der Waals surface area (Å²) in [5.41, 5.74) is 7.29. The molecule has 0 saturated heterocycles. The van der Waals surface area contributed by atoms with Crippen molar-refractivity contribution in [3.8, 4) is 0 Å². The SMILES string of the molecule is NC(=S)N(/N=C1\C(=O)N(Cc2cccc3ccccc23)c2cc(Cl)c(F)cc21)c1cccc(S(N)(=O)=O)c1. The molecule has 5 rings (SSSR count). The molecule has 0 radical (unpaired) electrons. The van der Waals surface area contributed by atoms with Gasteiger partial charge in [-0.25, -0.2) is 23.0 Å². The van der Waals surface area contributed by atoms with Crippen molar-refractivity contribution < 1.29 is 17.6 Å². The van der Waals surface area contributed by atoms with Gasteiger partial charge in [0.1, 0.15) is 5.82 Å². The summed E-state index contributed by atoms with van der Waals surface area (Å²) in [6.45, 7) is 0.155. The molecule has 4 aromatic carbocycles. The van der Waals surface area contributed by atoms with E-state index in [1.165, 1.54) is 35.2 Å². The Labute approximate surface area is 227 Å². The van der Waals surface area contributed by atoms with Gasteiger partial charge in [0.2, 0.25) is 10.0 Å². The predicted octanol–water partition coefficient (Wildman–Crippen LogP) is 4.28. The number of anilines is 2. The molecule has 0 bridgehead atoms. The van der Waals surface area contributed by atoms with Crippen LogP contribution in [0, 0.1) is 5.82 Å². The van der Waals surface area contributed by atoms with Gasteiger partial charge in [0.05, 0.1) is 27.8 Å². The number of thiocarbonyl (C=S) groups is 1. The lowest BCUT2D eigenvalue weighted by Crippen LogP contribution is -2.35. The zero-order valence-electron chi connectivity index (χ0n) is 19.5. The van der Waals surface area contributed by atoms with Crippen molar-refractivity contribution in [3.63, 3.8) is 0 Å². The number of amides is 1. The number of hydrogen-bond donors (Lipinski definition) is 2. The van der Waals surface area contributed by atoms with Gasteiger partial charge in [0.15, 0.2) is 10.8 Å². The minimum Gasteiger partial charge on any atom is -0.374 e. The van der Waals surface area contributed by atoms with Gasteiger partial charge in [-0.1, -0.05) is 60.1 Å². The second kappa shape index (κ2) is 9.76. The van der Waals surface area contributed by atoms with Crippen molar-refractivity contribution in [1.82, 2.24) is 0 Å². The molecule has 192 valence electrons. The molecule has 0 saturated carbocycles. The monoisotopic (exact) mass is 567 g/mol.